The van der Waals surface area contributed by atoms with Gasteiger partial charge < -0.3 is 4.43 Å². The molecule has 0 saturated carbocycles. The number of hydrogen-bond donors (Lipinski definition) is 0. The summed E-state index contributed by atoms with van der Waals surface area (Å²) < 4.78 is 6.18. The maximum atomic E-state index is 6.18. The van der Waals surface area contributed by atoms with E-state index in [0.29, 0.717) is 0 Å². The van der Waals surface area contributed by atoms with Crippen molar-refractivity contribution in [2.45, 2.75) is 26.6 Å². The second-order valence-corrected chi connectivity index (χ2v) is 10.6. The van der Waals surface area contributed by atoms with Crippen LogP contribution in [0.5, 0.6) is 5.75 Å². The van der Waals surface area contributed by atoms with Crippen LogP contribution in [0.15, 0.2) is 42.5 Å². The maximum Gasteiger partial charge on any atom is 0.242 e. The van der Waals surface area contributed by atoms with E-state index in [1.807, 2.05) is 30.3 Å². The van der Waals surface area contributed by atoms with Crippen LogP contribution in [0.25, 0.3) is 16.7 Å². The molecule has 0 aliphatic carbocycles. The molecule has 0 N–H and O–H groups in total. The molecule has 0 unspecified atom stereocenters. The number of aryl methyl sites for hydroxylation is 1. The fourth-order valence-corrected chi connectivity index (χ4v) is 3.00. The molecule has 108 valence electrons. The van der Waals surface area contributed by atoms with E-state index < -0.39 is 8.32 Å². The molecule has 4 nitrogen and oxygen atoms in total. The van der Waals surface area contributed by atoms with Gasteiger partial charge in [0.15, 0.2) is 0 Å². The molecule has 2 aromatic carbocycles. The third-order valence-corrected chi connectivity index (χ3v) is 3.86. The zero-order chi connectivity index (χ0) is 15.0. The normalized spacial score (nSPS) is 11.8. The lowest BCUT2D eigenvalue weighted by Gasteiger charge is -2.21. The molecular formula is C16H19N3OSi. The third-order valence-electron chi connectivity index (χ3n) is 3.03. The Labute approximate surface area is 125 Å². The van der Waals surface area contributed by atoms with Crippen LogP contribution in [-0.2, 0) is 0 Å². The fraction of sp³-hybridized carbons (Fsp3) is 0.250. The SMILES string of the molecule is Cc1ccc(O[Si](C)(C)C)c(-n2nc3ccccc3n2)c1. The average Bonchev–Trinajstić information content (AvgIpc) is 2.83. The summed E-state index contributed by atoms with van der Waals surface area (Å²) in [6.45, 7) is 8.57. The van der Waals surface area contributed by atoms with E-state index in [4.69, 9.17) is 4.43 Å². The Bertz CT molecular complexity index is 757. The van der Waals surface area contributed by atoms with Gasteiger partial charge in [-0.25, -0.2) is 0 Å². The second kappa shape index (κ2) is 5.00. The van der Waals surface area contributed by atoms with Crippen LogP contribution in [0.4, 0.5) is 0 Å². The highest BCUT2D eigenvalue weighted by Crippen LogP contribution is 2.26. The highest BCUT2D eigenvalue weighted by molar-refractivity contribution is 6.70. The van der Waals surface area contributed by atoms with Gasteiger partial charge in [0.2, 0.25) is 8.32 Å². The first-order valence-corrected chi connectivity index (χ1v) is 10.5. The second-order valence-electron chi connectivity index (χ2n) is 6.16. The van der Waals surface area contributed by atoms with Crippen molar-refractivity contribution in [3.05, 3.63) is 48.0 Å². The van der Waals surface area contributed by atoms with Crippen molar-refractivity contribution < 1.29 is 4.43 Å². The molecular weight excluding hydrogens is 278 g/mol. The molecule has 0 fully saturated rings. The maximum absolute atomic E-state index is 6.18. The lowest BCUT2D eigenvalue weighted by atomic mass is 10.2. The van der Waals surface area contributed by atoms with Crippen LogP contribution in [0.3, 0.4) is 0 Å². The van der Waals surface area contributed by atoms with E-state index in [-0.39, 0.29) is 0 Å². The van der Waals surface area contributed by atoms with E-state index in [1.54, 1.807) is 4.80 Å². The summed E-state index contributed by atoms with van der Waals surface area (Å²) >= 11 is 0. The van der Waals surface area contributed by atoms with Crippen molar-refractivity contribution in [2.75, 3.05) is 0 Å². The minimum atomic E-state index is -1.69. The summed E-state index contributed by atoms with van der Waals surface area (Å²) in [5.41, 5.74) is 3.83. The smallest absolute Gasteiger partial charge is 0.242 e. The van der Waals surface area contributed by atoms with Gasteiger partial charge in [-0.1, -0.05) is 18.2 Å². The van der Waals surface area contributed by atoms with Crippen LogP contribution in [0.2, 0.25) is 19.6 Å². The van der Waals surface area contributed by atoms with E-state index in [9.17, 15) is 0 Å². The predicted octanol–water partition coefficient (Wildman–Crippen LogP) is 3.94. The van der Waals surface area contributed by atoms with Gasteiger partial charge in [0.1, 0.15) is 22.5 Å². The molecule has 5 heteroatoms. The minimum Gasteiger partial charge on any atom is -0.543 e. The van der Waals surface area contributed by atoms with Crippen LogP contribution >= 0.6 is 0 Å². The zero-order valence-electron chi connectivity index (χ0n) is 12.8. The lowest BCUT2D eigenvalue weighted by molar-refractivity contribution is 0.546. The van der Waals surface area contributed by atoms with Crippen LogP contribution in [0.1, 0.15) is 5.56 Å². The Hall–Kier alpha value is -2.14. The number of fused-ring (bicyclic) bond motifs is 1. The number of benzene rings is 2. The summed E-state index contributed by atoms with van der Waals surface area (Å²) in [5.74, 6) is 0.847. The third kappa shape index (κ3) is 2.97. The number of hydrogen-bond acceptors (Lipinski definition) is 3. The molecule has 1 heterocycles. The molecule has 0 aliphatic rings. The van der Waals surface area contributed by atoms with Gasteiger partial charge in [0, 0.05) is 0 Å². The zero-order valence-corrected chi connectivity index (χ0v) is 13.8. The highest BCUT2D eigenvalue weighted by atomic mass is 28.4. The molecule has 0 aliphatic heterocycles. The lowest BCUT2D eigenvalue weighted by Crippen LogP contribution is -2.30. The van der Waals surface area contributed by atoms with Gasteiger partial charge >= 0.3 is 0 Å². The number of aromatic nitrogens is 3. The summed E-state index contributed by atoms with van der Waals surface area (Å²) in [4.78, 5) is 1.67. The van der Waals surface area contributed by atoms with E-state index in [0.717, 1.165) is 28.0 Å². The summed E-state index contributed by atoms with van der Waals surface area (Å²) in [7, 11) is -1.69. The van der Waals surface area contributed by atoms with Gasteiger partial charge in [0.05, 0.1) is 0 Å². The first kappa shape index (κ1) is 13.8. The van der Waals surface area contributed by atoms with Crippen molar-refractivity contribution in [1.82, 2.24) is 15.0 Å². The van der Waals surface area contributed by atoms with Gasteiger partial charge in [-0.3, -0.25) is 0 Å². The number of nitrogens with zero attached hydrogens (tertiary/aromatic N) is 3. The van der Waals surface area contributed by atoms with E-state index in [1.165, 1.54) is 0 Å². The monoisotopic (exact) mass is 297 g/mol. The minimum absolute atomic E-state index is 0.847. The Morgan fingerprint density at radius 2 is 1.57 bits per heavy atom. The Kier molecular flexibility index (Phi) is 3.29. The van der Waals surface area contributed by atoms with Crippen LogP contribution < -0.4 is 4.43 Å². The molecule has 0 amide bonds. The topological polar surface area (TPSA) is 39.9 Å². The van der Waals surface area contributed by atoms with Gasteiger partial charge in [-0.2, -0.15) is 0 Å². The average molecular weight is 297 g/mol. The summed E-state index contributed by atoms with van der Waals surface area (Å²) in [6, 6.07) is 14.0. The van der Waals surface area contributed by atoms with Crippen molar-refractivity contribution in [3.8, 4) is 11.4 Å². The molecule has 1 aromatic heterocycles. The Morgan fingerprint density at radius 1 is 0.952 bits per heavy atom. The quantitative estimate of drug-likeness (QED) is 0.687. The molecule has 0 radical (unpaired) electrons. The van der Waals surface area contributed by atoms with Crippen molar-refractivity contribution >= 4 is 19.4 Å². The molecule has 21 heavy (non-hydrogen) atoms. The van der Waals surface area contributed by atoms with Gasteiger partial charge in [-0.15, -0.1) is 15.0 Å². The highest BCUT2D eigenvalue weighted by Gasteiger charge is 2.19. The van der Waals surface area contributed by atoms with Crippen LogP contribution in [0, 0.1) is 6.92 Å². The molecule has 3 rings (SSSR count). The summed E-state index contributed by atoms with van der Waals surface area (Å²) in [6.07, 6.45) is 0. The van der Waals surface area contributed by atoms with E-state index in [2.05, 4.69) is 48.9 Å². The standard InChI is InChI=1S/C16H19N3OSi/c1-12-9-10-16(20-21(2,3)4)15(11-12)19-17-13-7-5-6-8-14(13)18-19/h5-11H,1-4H3. The van der Waals surface area contributed by atoms with Crippen molar-refractivity contribution in [3.63, 3.8) is 0 Å². The Balaban J connectivity index is 2.13. The summed E-state index contributed by atoms with van der Waals surface area (Å²) in [5, 5.41) is 9.11. The molecule has 0 atom stereocenters. The van der Waals surface area contributed by atoms with Gasteiger partial charge in [0.25, 0.3) is 0 Å². The molecule has 0 spiro atoms. The van der Waals surface area contributed by atoms with E-state index >= 15 is 0 Å². The fourth-order valence-electron chi connectivity index (χ4n) is 2.17. The largest absolute Gasteiger partial charge is 0.543 e. The van der Waals surface area contributed by atoms with Crippen LogP contribution in [-0.4, -0.2) is 23.3 Å². The van der Waals surface area contributed by atoms with Crippen molar-refractivity contribution in [1.29, 1.82) is 0 Å². The van der Waals surface area contributed by atoms with Crippen molar-refractivity contribution in [2.24, 2.45) is 0 Å². The molecule has 3 aromatic rings. The Morgan fingerprint density at radius 3 is 2.14 bits per heavy atom. The first-order valence-electron chi connectivity index (χ1n) is 7.04. The molecule has 0 bridgehead atoms. The van der Waals surface area contributed by atoms with Gasteiger partial charge in [-0.05, 0) is 56.4 Å². The number of rotatable bonds is 3. The first-order chi connectivity index (χ1) is 9.92. The molecule has 0 saturated heterocycles. The predicted molar refractivity (Wildman–Crippen MR) is 87.6 cm³/mol.